The van der Waals surface area contributed by atoms with Crippen LogP contribution in [0, 0.1) is 5.92 Å². The van der Waals surface area contributed by atoms with E-state index in [1.165, 1.54) is 13.3 Å². The van der Waals surface area contributed by atoms with E-state index in [4.69, 9.17) is 9.47 Å². The van der Waals surface area contributed by atoms with E-state index in [-0.39, 0.29) is 24.3 Å². The summed E-state index contributed by atoms with van der Waals surface area (Å²) < 4.78 is 12.4. The molecule has 0 saturated heterocycles. The van der Waals surface area contributed by atoms with Crippen LogP contribution >= 0.6 is 0 Å². The zero-order valence-electron chi connectivity index (χ0n) is 15.9. The Balaban J connectivity index is 1.37. The van der Waals surface area contributed by atoms with E-state index in [9.17, 15) is 9.59 Å². The lowest BCUT2D eigenvalue weighted by molar-refractivity contribution is -0.135. The molecule has 4 rings (SSSR count). The maximum absolute atomic E-state index is 12.2. The van der Waals surface area contributed by atoms with Crippen LogP contribution in [-0.4, -0.2) is 34.8 Å². The molecule has 1 aromatic heterocycles. The topological polar surface area (TPSA) is 94.8 Å². The Morgan fingerprint density at radius 1 is 1.24 bits per heavy atom. The zero-order chi connectivity index (χ0) is 20.2. The molecule has 1 saturated carbocycles. The van der Waals surface area contributed by atoms with Gasteiger partial charge in [0, 0.05) is 0 Å². The third-order valence-corrected chi connectivity index (χ3v) is 4.55. The fourth-order valence-corrected chi connectivity index (χ4v) is 2.86. The molecule has 1 aliphatic carbocycles. The standard InChI is InChI=1S/C21H20N4O4/c1-28-19-10-14(6-9-18(19)29-21(27)15-7-8-15)11-23-24-20(26)12-25-13-22-16-4-2-3-5-17(16)25/h2-6,9-11,13,15H,7-8,12H2,1H3,(H,24,26)/b23-11-. The van der Waals surface area contributed by atoms with Crippen molar-refractivity contribution in [1.82, 2.24) is 15.0 Å². The third-order valence-electron chi connectivity index (χ3n) is 4.55. The smallest absolute Gasteiger partial charge is 0.314 e. The number of aromatic nitrogens is 2. The first-order valence-corrected chi connectivity index (χ1v) is 9.25. The van der Waals surface area contributed by atoms with Gasteiger partial charge in [-0.05, 0) is 48.7 Å². The van der Waals surface area contributed by atoms with E-state index in [1.807, 2.05) is 24.3 Å². The molecule has 0 atom stereocenters. The molecule has 1 N–H and O–H groups in total. The van der Waals surface area contributed by atoms with Gasteiger partial charge in [0.2, 0.25) is 0 Å². The normalized spacial score (nSPS) is 13.6. The van der Waals surface area contributed by atoms with E-state index in [0.717, 1.165) is 23.9 Å². The summed E-state index contributed by atoms with van der Waals surface area (Å²) in [6, 6.07) is 12.7. The van der Waals surface area contributed by atoms with Gasteiger partial charge in [0.1, 0.15) is 6.54 Å². The zero-order valence-corrected chi connectivity index (χ0v) is 15.9. The molecular formula is C21H20N4O4. The van der Waals surface area contributed by atoms with Gasteiger partial charge in [-0.3, -0.25) is 9.59 Å². The van der Waals surface area contributed by atoms with Crippen LogP contribution < -0.4 is 14.9 Å². The highest BCUT2D eigenvalue weighted by atomic mass is 16.6. The lowest BCUT2D eigenvalue weighted by Gasteiger charge is -2.09. The number of fused-ring (bicyclic) bond motifs is 1. The number of ether oxygens (including phenoxy) is 2. The number of hydrogen-bond acceptors (Lipinski definition) is 6. The fourth-order valence-electron chi connectivity index (χ4n) is 2.86. The van der Waals surface area contributed by atoms with E-state index < -0.39 is 0 Å². The van der Waals surface area contributed by atoms with Gasteiger partial charge in [-0.2, -0.15) is 5.10 Å². The number of methoxy groups -OCH3 is 1. The molecule has 0 spiro atoms. The average Bonchev–Trinajstić information content (AvgIpc) is 3.51. The summed E-state index contributed by atoms with van der Waals surface area (Å²) in [4.78, 5) is 28.2. The van der Waals surface area contributed by atoms with Crippen LogP contribution in [0.4, 0.5) is 0 Å². The van der Waals surface area contributed by atoms with E-state index in [0.29, 0.717) is 17.1 Å². The number of carbonyl (C=O) groups excluding carboxylic acids is 2. The lowest BCUT2D eigenvalue weighted by atomic mass is 10.2. The van der Waals surface area contributed by atoms with Gasteiger partial charge in [0.25, 0.3) is 5.91 Å². The first kappa shape index (κ1) is 18.7. The number of hydrazone groups is 1. The minimum absolute atomic E-state index is 0.00350. The Hall–Kier alpha value is -3.68. The maximum Gasteiger partial charge on any atom is 0.314 e. The molecule has 1 amide bonds. The Kier molecular flexibility index (Phi) is 5.24. The molecule has 8 heteroatoms. The average molecular weight is 392 g/mol. The van der Waals surface area contributed by atoms with Gasteiger partial charge < -0.3 is 14.0 Å². The Bertz CT molecular complexity index is 1090. The van der Waals surface area contributed by atoms with Crippen LogP contribution in [0.15, 0.2) is 53.9 Å². The van der Waals surface area contributed by atoms with Crippen molar-refractivity contribution in [2.75, 3.05) is 7.11 Å². The van der Waals surface area contributed by atoms with Crippen LogP contribution in [0.1, 0.15) is 18.4 Å². The predicted molar refractivity (Wildman–Crippen MR) is 107 cm³/mol. The second-order valence-electron chi connectivity index (χ2n) is 6.76. The van der Waals surface area contributed by atoms with Gasteiger partial charge in [-0.15, -0.1) is 0 Å². The molecule has 29 heavy (non-hydrogen) atoms. The number of amides is 1. The molecule has 1 heterocycles. The SMILES string of the molecule is COc1cc(/C=N\NC(=O)Cn2cnc3ccccc32)ccc1OC(=O)C1CC1. The molecule has 1 fully saturated rings. The van der Waals surface area contributed by atoms with Crippen LogP contribution in [0.3, 0.4) is 0 Å². The number of nitrogens with one attached hydrogen (secondary N) is 1. The number of esters is 1. The summed E-state index contributed by atoms with van der Waals surface area (Å²) in [6.07, 6.45) is 4.88. The Labute approximate surface area is 167 Å². The number of para-hydroxylation sites is 2. The number of hydrogen-bond donors (Lipinski definition) is 1. The molecular weight excluding hydrogens is 372 g/mol. The quantitative estimate of drug-likeness (QED) is 0.289. The predicted octanol–water partition coefficient (Wildman–Crippen LogP) is 2.51. The first-order valence-electron chi connectivity index (χ1n) is 9.25. The van der Waals surface area contributed by atoms with Crippen molar-refractivity contribution in [2.24, 2.45) is 11.0 Å². The Morgan fingerprint density at radius 3 is 2.86 bits per heavy atom. The summed E-state index contributed by atoms with van der Waals surface area (Å²) >= 11 is 0. The summed E-state index contributed by atoms with van der Waals surface area (Å²) in [5.74, 6) is 0.302. The molecule has 1 aliphatic rings. The van der Waals surface area contributed by atoms with Crippen LogP contribution in [0.5, 0.6) is 11.5 Å². The van der Waals surface area contributed by atoms with Crippen molar-refractivity contribution in [3.63, 3.8) is 0 Å². The minimum Gasteiger partial charge on any atom is -0.493 e. The van der Waals surface area contributed by atoms with Crippen LogP contribution in [-0.2, 0) is 16.1 Å². The molecule has 8 nitrogen and oxygen atoms in total. The second-order valence-corrected chi connectivity index (χ2v) is 6.76. The van der Waals surface area contributed by atoms with Crippen molar-refractivity contribution in [3.05, 3.63) is 54.4 Å². The molecule has 0 bridgehead atoms. The van der Waals surface area contributed by atoms with Crippen molar-refractivity contribution in [2.45, 2.75) is 19.4 Å². The molecule has 0 radical (unpaired) electrons. The van der Waals surface area contributed by atoms with Gasteiger partial charge in [0.05, 0.1) is 36.6 Å². The summed E-state index contributed by atoms with van der Waals surface area (Å²) in [5.41, 5.74) is 4.91. The highest BCUT2D eigenvalue weighted by Crippen LogP contribution is 2.34. The molecule has 3 aromatic rings. The highest BCUT2D eigenvalue weighted by molar-refractivity contribution is 5.85. The summed E-state index contributed by atoms with van der Waals surface area (Å²) in [5, 5.41) is 3.98. The highest BCUT2D eigenvalue weighted by Gasteiger charge is 2.32. The number of carbonyl (C=O) groups is 2. The van der Waals surface area contributed by atoms with E-state index >= 15 is 0 Å². The number of rotatable bonds is 7. The minimum atomic E-state index is -0.272. The molecule has 2 aromatic carbocycles. The van der Waals surface area contributed by atoms with E-state index in [1.54, 1.807) is 29.1 Å². The van der Waals surface area contributed by atoms with Crippen LogP contribution in [0.2, 0.25) is 0 Å². The van der Waals surface area contributed by atoms with Gasteiger partial charge in [-0.25, -0.2) is 10.4 Å². The summed E-state index contributed by atoms with van der Waals surface area (Å²) in [6.45, 7) is 0.108. The molecule has 0 aliphatic heterocycles. The van der Waals surface area contributed by atoms with Gasteiger partial charge in [-0.1, -0.05) is 12.1 Å². The lowest BCUT2D eigenvalue weighted by Crippen LogP contribution is -2.22. The fraction of sp³-hybridized carbons (Fsp3) is 0.238. The number of imidazole rings is 1. The van der Waals surface area contributed by atoms with E-state index in [2.05, 4.69) is 15.5 Å². The van der Waals surface area contributed by atoms with Gasteiger partial charge in [0.15, 0.2) is 11.5 Å². The van der Waals surface area contributed by atoms with Crippen molar-refractivity contribution < 1.29 is 19.1 Å². The van der Waals surface area contributed by atoms with Crippen molar-refractivity contribution in [3.8, 4) is 11.5 Å². The number of benzene rings is 2. The van der Waals surface area contributed by atoms with Crippen LogP contribution in [0.25, 0.3) is 11.0 Å². The monoisotopic (exact) mass is 392 g/mol. The van der Waals surface area contributed by atoms with Crippen molar-refractivity contribution in [1.29, 1.82) is 0 Å². The summed E-state index contributed by atoms with van der Waals surface area (Å²) in [7, 11) is 1.50. The number of nitrogens with zero attached hydrogens (tertiary/aromatic N) is 3. The second kappa shape index (κ2) is 8.14. The molecule has 148 valence electrons. The largest absolute Gasteiger partial charge is 0.493 e. The van der Waals surface area contributed by atoms with Gasteiger partial charge >= 0.3 is 5.97 Å². The Morgan fingerprint density at radius 2 is 2.07 bits per heavy atom. The maximum atomic E-state index is 12.2. The first-order chi connectivity index (χ1) is 14.1. The van der Waals surface area contributed by atoms with Crippen molar-refractivity contribution >= 4 is 29.1 Å². The third kappa shape index (κ3) is 4.43. The molecule has 0 unspecified atom stereocenters.